The fourth-order valence-electron chi connectivity index (χ4n) is 3.06. The summed E-state index contributed by atoms with van der Waals surface area (Å²) < 4.78 is 0. The normalized spacial score (nSPS) is 15.7. The largest absolute Gasteiger partial charge is 0.369 e. The zero-order valence-corrected chi connectivity index (χ0v) is 11.9. The van der Waals surface area contributed by atoms with Crippen molar-refractivity contribution in [1.82, 2.24) is 0 Å². The van der Waals surface area contributed by atoms with Gasteiger partial charge in [0.15, 0.2) is 5.60 Å². The summed E-state index contributed by atoms with van der Waals surface area (Å²) in [7, 11) is 0. The summed E-state index contributed by atoms with van der Waals surface area (Å²) in [5, 5.41) is 11.2. The van der Waals surface area contributed by atoms with Crippen molar-refractivity contribution in [3.05, 3.63) is 69.8 Å². The van der Waals surface area contributed by atoms with Gasteiger partial charge in [0.05, 0.1) is 0 Å². The average molecular weight is 262 g/mol. The highest BCUT2D eigenvalue weighted by Crippen LogP contribution is 2.38. The second kappa shape index (κ2) is 4.51. The Morgan fingerprint density at radius 2 is 1.40 bits per heavy atom. The van der Waals surface area contributed by atoms with E-state index in [1.807, 2.05) is 26.0 Å². The van der Waals surface area contributed by atoms with E-state index in [4.69, 9.17) is 6.42 Å². The van der Waals surface area contributed by atoms with Crippen molar-refractivity contribution in [2.45, 2.75) is 32.3 Å². The Kier molecular flexibility index (Phi) is 2.92. The molecule has 2 aromatic carbocycles. The molecule has 3 rings (SSSR count). The molecule has 100 valence electrons. The van der Waals surface area contributed by atoms with E-state index >= 15 is 0 Å². The predicted octanol–water partition coefficient (Wildman–Crippen LogP) is 3.27. The van der Waals surface area contributed by atoms with Crippen LogP contribution in [0.2, 0.25) is 0 Å². The molecular weight excluding hydrogens is 244 g/mol. The average Bonchev–Trinajstić information content (AvgIpc) is 2.56. The SMILES string of the molecule is C#CC1(O)c2cc(C)ccc2CCc2ccc(C)cc21. The van der Waals surface area contributed by atoms with E-state index in [1.54, 1.807) is 0 Å². The first-order valence-electron chi connectivity index (χ1n) is 6.95. The summed E-state index contributed by atoms with van der Waals surface area (Å²) in [6.07, 6.45) is 7.56. The number of benzene rings is 2. The molecule has 0 aliphatic heterocycles. The molecule has 0 fully saturated rings. The summed E-state index contributed by atoms with van der Waals surface area (Å²) in [5.74, 6) is 2.64. The maximum Gasteiger partial charge on any atom is 0.177 e. The quantitative estimate of drug-likeness (QED) is 0.722. The van der Waals surface area contributed by atoms with Crippen molar-refractivity contribution in [3.8, 4) is 12.3 Å². The summed E-state index contributed by atoms with van der Waals surface area (Å²) in [6.45, 7) is 4.05. The predicted molar refractivity (Wildman–Crippen MR) is 81.6 cm³/mol. The Labute approximate surface area is 120 Å². The van der Waals surface area contributed by atoms with Gasteiger partial charge in [-0.25, -0.2) is 0 Å². The van der Waals surface area contributed by atoms with Crippen LogP contribution in [-0.4, -0.2) is 5.11 Å². The molecule has 0 amide bonds. The first kappa shape index (κ1) is 13.0. The van der Waals surface area contributed by atoms with Gasteiger partial charge in [0.25, 0.3) is 0 Å². The fourth-order valence-corrected chi connectivity index (χ4v) is 3.06. The molecule has 1 aliphatic carbocycles. The van der Waals surface area contributed by atoms with Crippen molar-refractivity contribution in [1.29, 1.82) is 0 Å². The van der Waals surface area contributed by atoms with E-state index in [2.05, 4.69) is 30.2 Å². The van der Waals surface area contributed by atoms with Crippen molar-refractivity contribution in [2.24, 2.45) is 0 Å². The van der Waals surface area contributed by atoms with Crippen molar-refractivity contribution < 1.29 is 5.11 Å². The molecule has 0 spiro atoms. The first-order chi connectivity index (χ1) is 9.54. The molecule has 0 bridgehead atoms. The molecule has 0 radical (unpaired) electrons. The van der Waals surface area contributed by atoms with Crippen LogP contribution in [0.1, 0.15) is 33.4 Å². The van der Waals surface area contributed by atoms with Gasteiger partial charge in [-0.05, 0) is 37.8 Å². The minimum absolute atomic E-state index is 0.865. The smallest absolute Gasteiger partial charge is 0.177 e. The number of hydrogen-bond donors (Lipinski definition) is 1. The summed E-state index contributed by atoms with van der Waals surface area (Å²) in [5.41, 5.74) is 4.93. The third kappa shape index (κ3) is 1.85. The van der Waals surface area contributed by atoms with Crippen LogP contribution in [0.5, 0.6) is 0 Å². The third-order valence-electron chi connectivity index (χ3n) is 4.18. The molecule has 1 heteroatoms. The molecule has 0 atom stereocenters. The molecule has 0 heterocycles. The van der Waals surface area contributed by atoms with E-state index < -0.39 is 5.60 Å². The van der Waals surface area contributed by atoms with Crippen molar-refractivity contribution in [2.75, 3.05) is 0 Å². The van der Waals surface area contributed by atoms with E-state index in [1.165, 1.54) is 0 Å². The number of aryl methyl sites for hydroxylation is 4. The molecule has 1 nitrogen and oxygen atoms in total. The maximum absolute atomic E-state index is 11.2. The molecule has 0 unspecified atom stereocenters. The molecule has 0 saturated carbocycles. The van der Waals surface area contributed by atoms with Gasteiger partial charge in [0.1, 0.15) is 0 Å². The maximum atomic E-state index is 11.2. The second-order valence-electron chi connectivity index (χ2n) is 5.68. The highest BCUT2D eigenvalue weighted by atomic mass is 16.3. The molecular formula is C19H18O. The van der Waals surface area contributed by atoms with Gasteiger partial charge < -0.3 is 5.11 Å². The topological polar surface area (TPSA) is 20.2 Å². The molecule has 0 aromatic heterocycles. The Morgan fingerprint density at radius 1 is 0.950 bits per heavy atom. The van der Waals surface area contributed by atoms with Gasteiger partial charge in [0.2, 0.25) is 0 Å². The van der Waals surface area contributed by atoms with Gasteiger partial charge in [0, 0.05) is 11.1 Å². The monoisotopic (exact) mass is 262 g/mol. The lowest BCUT2D eigenvalue weighted by molar-refractivity contribution is 0.144. The zero-order chi connectivity index (χ0) is 14.3. The second-order valence-corrected chi connectivity index (χ2v) is 5.68. The minimum Gasteiger partial charge on any atom is -0.369 e. The summed E-state index contributed by atoms with van der Waals surface area (Å²) in [6, 6.07) is 12.4. The van der Waals surface area contributed by atoms with Crippen molar-refractivity contribution >= 4 is 0 Å². The Bertz CT molecular complexity index is 666. The molecule has 0 saturated heterocycles. The van der Waals surface area contributed by atoms with E-state index in [-0.39, 0.29) is 0 Å². The van der Waals surface area contributed by atoms with E-state index in [0.717, 1.165) is 46.2 Å². The summed E-state index contributed by atoms with van der Waals surface area (Å²) >= 11 is 0. The highest BCUT2D eigenvalue weighted by Gasteiger charge is 2.35. The number of hydrogen-bond acceptors (Lipinski definition) is 1. The Hall–Kier alpha value is -2.04. The lowest BCUT2D eigenvalue weighted by atomic mass is 9.83. The van der Waals surface area contributed by atoms with Gasteiger partial charge in [-0.1, -0.05) is 53.4 Å². The van der Waals surface area contributed by atoms with Crippen LogP contribution in [0.15, 0.2) is 36.4 Å². The highest BCUT2D eigenvalue weighted by molar-refractivity contribution is 5.54. The summed E-state index contributed by atoms with van der Waals surface area (Å²) in [4.78, 5) is 0. The standard InChI is InChI=1S/C19H18O/c1-4-19(20)17-11-13(2)5-7-15(17)9-10-16-8-6-14(3)12-18(16)19/h1,5-8,11-12,20H,9-10H2,2-3H3. The number of rotatable bonds is 0. The van der Waals surface area contributed by atoms with E-state index in [0.29, 0.717) is 0 Å². The van der Waals surface area contributed by atoms with Gasteiger partial charge >= 0.3 is 0 Å². The van der Waals surface area contributed by atoms with Crippen LogP contribution in [-0.2, 0) is 18.4 Å². The fraction of sp³-hybridized carbons (Fsp3) is 0.263. The number of aliphatic hydroxyl groups is 1. The van der Waals surface area contributed by atoms with Gasteiger partial charge in [-0.3, -0.25) is 0 Å². The Balaban J connectivity index is 2.34. The lowest BCUT2D eigenvalue weighted by Gasteiger charge is -2.26. The first-order valence-corrected chi connectivity index (χ1v) is 6.95. The molecule has 1 aliphatic rings. The third-order valence-corrected chi connectivity index (χ3v) is 4.18. The van der Waals surface area contributed by atoms with Crippen LogP contribution in [0.25, 0.3) is 0 Å². The van der Waals surface area contributed by atoms with Gasteiger partial charge in [-0.15, -0.1) is 6.42 Å². The van der Waals surface area contributed by atoms with Crippen LogP contribution >= 0.6 is 0 Å². The van der Waals surface area contributed by atoms with E-state index in [9.17, 15) is 5.11 Å². The number of terminal acetylenes is 1. The number of fused-ring (bicyclic) bond motifs is 2. The molecule has 20 heavy (non-hydrogen) atoms. The van der Waals surface area contributed by atoms with Crippen LogP contribution in [0.4, 0.5) is 0 Å². The zero-order valence-electron chi connectivity index (χ0n) is 11.9. The van der Waals surface area contributed by atoms with Gasteiger partial charge in [-0.2, -0.15) is 0 Å². The minimum atomic E-state index is -1.32. The van der Waals surface area contributed by atoms with Crippen LogP contribution in [0.3, 0.4) is 0 Å². The lowest BCUT2D eigenvalue weighted by Crippen LogP contribution is -2.26. The van der Waals surface area contributed by atoms with Crippen molar-refractivity contribution in [3.63, 3.8) is 0 Å². The van der Waals surface area contributed by atoms with Crippen LogP contribution < -0.4 is 0 Å². The Morgan fingerprint density at radius 3 is 1.80 bits per heavy atom. The van der Waals surface area contributed by atoms with Crippen LogP contribution in [0, 0.1) is 26.2 Å². The molecule has 2 aromatic rings. The molecule has 1 N–H and O–H groups in total.